The molecule has 1 heterocycles. The third-order valence-corrected chi connectivity index (χ3v) is 1.19. The number of allylic oxidation sites excluding steroid dienone is 2. The van der Waals surface area contributed by atoms with Crippen molar-refractivity contribution in [3.63, 3.8) is 0 Å². The minimum atomic E-state index is 0.266. The first-order chi connectivity index (χ1) is 4.33. The Kier molecular flexibility index (Phi) is 1.78. The Bertz CT molecular complexity index is 211. The number of hydrogen-bond donors (Lipinski definition) is 0. The lowest BCUT2D eigenvalue weighted by molar-refractivity contribution is 0.344. The minimum Gasteiger partial charge on any atom is -0.457 e. The van der Waals surface area contributed by atoms with Gasteiger partial charge in [0.05, 0.1) is 12.7 Å². The topological polar surface area (TPSA) is 26.3 Å². The molecule has 0 amide bonds. The van der Waals surface area contributed by atoms with Crippen LogP contribution in [-0.4, -0.2) is 10.8 Å². The van der Waals surface area contributed by atoms with Gasteiger partial charge in [0.15, 0.2) is 11.7 Å². The van der Waals surface area contributed by atoms with Crippen LogP contribution in [-0.2, 0) is 9.53 Å². The van der Waals surface area contributed by atoms with Crippen LogP contribution in [0.3, 0.4) is 0 Å². The van der Waals surface area contributed by atoms with E-state index >= 15 is 0 Å². The molecule has 1 rings (SSSR count). The van der Waals surface area contributed by atoms with E-state index < -0.39 is 0 Å². The molecule has 0 bridgehead atoms. The lowest BCUT2D eigenvalue weighted by Gasteiger charge is -2.04. The van der Waals surface area contributed by atoms with Gasteiger partial charge in [-0.1, -0.05) is 12.2 Å². The summed E-state index contributed by atoms with van der Waals surface area (Å²) in [5.41, 5.74) is 0. The van der Waals surface area contributed by atoms with Gasteiger partial charge in [-0.25, -0.2) is 4.79 Å². The van der Waals surface area contributed by atoms with Crippen LogP contribution >= 0.6 is 12.2 Å². The molecule has 1 aliphatic heterocycles. The van der Waals surface area contributed by atoms with Crippen LogP contribution in [0.5, 0.6) is 0 Å². The summed E-state index contributed by atoms with van der Waals surface area (Å²) in [6.07, 6.45) is 3.46. The fourth-order valence-electron chi connectivity index (χ4n) is 0.511. The van der Waals surface area contributed by atoms with Gasteiger partial charge in [-0.05, 0) is 6.08 Å². The lowest BCUT2D eigenvalue weighted by atomic mass is 10.2. The molecule has 0 aliphatic carbocycles. The van der Waals surface area contributed by atoms with Gasteiger partial charge in [-0.3, -0.25) is 0 Å². The van der Waals surface area contributed by atoms with Crippen LogP contribution in [0.2, 0.25) is 0 Å². The quantitative estimate of drug-likeness (QED) is 0.371. The zero-order chi connectivity index (χ0) is 6.69. The highest BCUT2D eigenvalue weighted by molar-refractivity contribution is 7.80. The van der Waals surface area contributed by atoms with Crippen molar-refractivity contribution >= 4 is 23.0 Å². The van der Waals surface area contributed by atoms with E-state index in [4.69, 9.17) is 17.0 Å². The van der Waals surface area contributed by atoms with Crippen LogP contribution < -0.4 is 0 Å². The maximum absolute atomic E-state index is 9.92. The van der Waals surface area contributed by atoms with E-state index in [-0.39, 0.29) is 5.76 Å². The van der Waals surface area contributed by atoms with E-state index in [1.807, 2.05) is 0 Å². The van der Waals surface area contributed by atoms with Gasteiger partial charge < -0.3 is 4.74 Å². The predicted octanol–water partition coefficient (Wildman–Crippen LogP) is 1.01. The number of thiocarbonyl (C=S) groups is 1. The van der Waals surface area contributed by atoms with Gasteiger partial charge in [-0.15, -0.1) is 0 Å². The van der Waals surface area contributed by atoms with Crippen molar-refractivity contribution in [1.82, 2.24) is 0 Å². The van der Waals surface area contributed by atoms with E-state index in [1.54, 1.807) is 12.0 Å². The van der Waals surface area contributed by atoms with Crippen molar-refractivity contribution in [2.24, 2.45) is 0 Å². The molecule has 0 N–H and O–H groups in total. The Hall–Kier alpha value is -0.920. The van der Waals surface area contributed by atoms with Gasteiger partial charge in [0.25, 0.3) is 0 Å². The first-order valence-electron chi connectivity index (χ1n) is 2.43. The number of rotatable bonds is 0. The van der Waals surface area contributed by atoms with Crippen molar-refractivity contribution in [2.45, 2.75) is 6.42 Å². The molecule has 0 aromatic carbocycles. The summed E-state index contributed by atoms with van der Waals surface area (Å²) in [6.45, 7) is 0. The van der Waals surface area contributed by atoms with E-state index in [1.165, 1.54) is 6.26 Å². The molecule has 0 unspecified atom stereocenters. The molecule has 46 valence electrons. The van der Waals surface area contributed by atoms with Crippen LogP contribution in [0.25, 0.3) is 0 Å². The third-order valence-electron chi connectivity index (χ3n) is 0.913. The summed E-state index contributed by atoms with van der Waals surface area (Å²) in [5.74, 6) is 1.91. The molecule has 0 aromatic rings. The van der Waals surface area contributed by atoms with Crippen molar-refractivity contribution in [3.8, 4) is 0 Å². The third kappa shape index (κ3) is 1.49. The van der Waals surface area contributed by atoms with Crippen molar-refractivity contribution in [1.29, 1.82) is 0 Å². The maximum Gasteiger partial charge on any atom is 0.191 e. The summed E-state index contributed by atoms with van der Waals surface area (Å²) in [6, 6.07) is 0. The van der Waals surface area contributed by atoms with Gasteiger partial charge in [0.2, 0.25) is 0 Å². The average Bonchev–Trinajstić information content (AvgIpc) is 1.88. The number of hydrogen-bond acceptors (Lipinski definition) is 3. The molecule has 0 saturated carbocycles. The molecule has 0 saturated heterocycles. The first kappa shape index (κ1) is 6.20. The summed E-state index contributed by atoms with van der Waals surface area (Å²) < 4.78 is 4.72. The molecule has 3 heteroatoms. The molecule has 9 heavy (non-hydrogen) atoms. The molecule has 0 radical (unpaired) electrons. The predicted molar refractivity (Wildman–Crippen MR) is 36.6 cm³/mol. The van der Waals surface area contributed by atoms with Gasteiger partial charge >= 0.3 is 0 Å². The highest BCUT2D eigenvalue weighted by Crippen LogP contribution is 2.08. The first-order valence-corrected chi connectivity index (χ1v) is 2.84. The summed E-state index contributed by atoms with van der Waals surface area (Å²) in [7, 11) is 0. The Morgan fingerprint density at radius 3 is 3.00 bits per heavy atom. The van der Waals surface area contributed by atoms with E-state index in [2.05, 4.69) is 0 Å². The monoisotopic (exact) mass is 140 g/mol. The highest BCUT2D eigenvalue weighted by atomic mass is 32.1. The Morgan fingerprint density at radius 1 is 1.78 bits per heavy atom. The molecule has 0 spiro atoms. The molecular formula is C6H4O2S. The number of carbonyl (C=O) groups excluding carboxylic acids is 1. The Labute approximate surface area is 57.8 Å². The Morgan fingerprint density at radius 2 is 2.56 bits per heavy atom. The number of ether oxygens (including phenoxy) is 1. The minimum absolute atomic E-state index is 0.266. The molecule has 0 fully saturated rings. The molecule has 2 nitrogen and oxygen atoms in total. The second-order valence-electron chi connectivity index (χ2n) is 1.59. The second kappa shape index (κ2) is 2.58. The van der Waals surface area contributed by atoms with Gasteiger partial charge in [0.1, 0.15) is 0 Å². The maximum atomic E-state index is 9.92. The van der Waals surface area contributed by atoms with E-state index in [9.17, 15) is 4.79 Å². The zero-order valence-electron chi connectivity index (χ0n) is 4.59. The molecule has 1 aliphatic rings. The van der Waals surface area contributed by atoms with Crippen LogP contribution in [0.15, 0.2) is 18.1 Å². The zero-order valence-corrected chi connectivity index (χ0v) is 5.40. The summed E-state index contributed by atoms with van der Waals surface area (Å²) >= 11 is 4.78. The van der Waals surface area contributed by atoms with Crippen molar-refractivity contribution in [3.05, 3.63) is 18.1 Å². The van der Waals surface area contributed by atoms with Crippen molar-refractivity contribution in [2.75, 3.05) is 0 Å². The average molecular weight is 140 g/mol. The molecular weight excluding hydrogens is 136 g/mol. The highest BCUT2D eigenvalue weighted by Gasteiger charge is 2.05. The fraction of sp³-hybridized carbons (Fsp3) is 0.167. The van der Waals surface area contributed by atoms with Gasteiger partial charge in [-0.2, -0.15) is 0 Å². The van der Waals surface area contributed by atoms with E-state index in [0.29, 0.717) is 11.3 Å². The molecule has 0 aromatic heterocycles. The van der Waals surface area contributed by atoms with Crippen LogP contribution in [0.1, 0.15) is 6.42 Å². The normalized spacial score (nSPS) is 16.9. The van der Waals surface area contributed by atoms with Gasteiger partial charge in [0, 0.05) is 4.86 Å². The standard InChI is InChI=1S/C6H4O2S/c7-4-5-3-6(9)1-2-8-5/h1-2H,3H2. The van der Waals surface area contributed by atoms with E-state index in [0.717, 1.165) is 0 Å². The lowest BCUT2D eigenvalue weighted by Crippen LogP contribution is -2.00. The van der Waals surface area contributed by atoms with Crippen molar-refractivity contribution < 1.29 is 9.53 Å². The van der Waals surface area contributed by atoms with Crippen LogP contribution in [0, 0.1) is 0 Å². The molecule has 0 atom stereocenters. The smallest absolute Gasteiger partial charge is 0.191 e. The summed E-state index contributed by atoms with van der Waals surface area (Å²) in [4.78, 5) is 10.6. The van der Waals surface area contributed by atoms with Crippen LogP contribution in [0.4, 0.5) is 0 Å². The Balaban J connectivity index is 2.80. The fourth-order valence-corrected chi connectivity index (χ4v) is 0.698. The summed E-state index contributed by atoms with van der Waals surface area (Å²) in [5, 5.41) is 0. The second-order valence-corrected chi connectivity index (χ2v) is 2.11. The SMILES string of the molecule is O=C=C1CC(=S)C=CO1. The largest absolute Gasteiger partial charge is 0.457 e.